The smallest absolute Gasteiger partial charge is 0.126 e. The number of hydrogen-bond donors (Lipinski definition) is 2. The summed E-state index contributed by atoms with van der Waals surface area (Å²) < 4.78 is 13.2. The topological polar surface area (TPSA) is 35.5 Å². The van der Waals surface area contributed by atoms with Crippen molar-refractivity contribution < 1.29 is 9.50 Å². The third-order valence-electron chi connectivity index (χ3n) is 3.43. The lowest BCUT2D eigenvalue weighted by atomic mass is 10.1. The second-order valence-corrected chi connectivity index (χ2v) is 4.93. The van der Waals surface area contributed by atoms with E-state index in [4.69, 9.17) is 0 Å². The molecule has 0 bridgehead atoms. The first-order chi connectivity index (χ1) is 8.66. The number of benzene rings is 1. The van der Waals surface area contributed by atoms with Crippen molar-refractivity contribution in [2.45, 2.75) is 19.4 Å². The van der Waals surface area contributed by atoms with Gasteiger partial charge in [0.25, 0.3) is 0 Å². The van der Waals surface area contributed by atoms with E-state index in [1.807, 2.05) is 0 Å². The van der Waals surface area contributed by atoms with Gasteiger partial charge in [0.1, 0.15) is 5.82 Å². The maximum Gasteiger partial charge on any atom is 0.126 e. The molecule has 0 amide bonds. The zero-order chi connectivity index (χ0) is 13.0. The highest BCUT2D eigenvalue weighted by Crippen LogP contribution is 2.18. The highest BCUT2D eigenvalue weighted by Gasteiger charge is 2.15. The van der Waals surface area contributed by atoms with Crippen LogP contribution < -0.4 is 5.32 Å². The van der Waals surface area contributed by atoms with Crippen molar-refractivity contribution in [2.24, 2.45) is 0 Å². The lowest BCUT2D eigenvalue weighted by Crippen LogP contribution is -2.32. The molecule has 1 unspecified atom stereocenters. The fraction of sp³-hybridized carbons (Fsp3) is 0.571. The molecule has 0 saturated carbocycles. The molecule has 4 heteroatoms. The lowest BCUT2D eigenvalue weighted by molar-refractivity contribution is 0.116. The summed E-state index contributed by atoms with van der Waals surface area (Å²) in [5.41, 5.74) is 1.38. The normalized spacial score (nSPS) is 19.5. The van der Waals surface area contributed by atoms with Crippen LogP contribution in [-0.4, -0.2) is 42.7 Å². The third-order valence-corrected chi connectivity index (χ3v) is 3.43. The number of rotatable bonds is 3. The minimum absolute atomic E-state index is 0.218. The number of nitrogens with zero attached hydrogens (tertiary/aromatic N) is 1. The fourth-order valence-corrected chi connectivity index (χ4v) is 2.31. The van der Waals surface area contributed by atoms with Gasteiger partial charge in [-0.25, -0.2) is 4.39 Å². The van der Waals surface area contributed by atoms with Gasteiger partial charge < -0.3 is 10.4 Å². The summed E-state index contributed by atoms with van der Waals surface area (Å²) in [6.45, 7) is 6.31. The van der Waals surface area contributed by atoms with Gasteiger partial charge in [0.05, 0.1) is 6.10 Å². The van der Waals surface area contributed by atoms with Gasteiger partial charge >= 0.3 is 0 Å². The summed E-state index contributed by atoms with van der Waals surface area (Å²) in [5, 5.41) is 13.5. The monoisotopic (exact) mass is 252 g/mol. The molecule has 2 rings (SSSR count). The van der Waals surface area contributed by atoms with Crippen LogP contribution in [0.5, 0.6) is 0 Å². The Bertz CT molecular complexity index is 389. The number of aliphatic hydroxyl groups excluding tert-OH is 1. The molecule has 1 aromatic rings. The van der Waals surface area contributed by atoms with Crippen molar-refractivity contribution in [3.63, 3.8) is 0 Å². The molecule has 100 valence electrons. The predicted molar refractivity (Wildman–Crippen MR) is 70.0 cm³/mol. The lowest BCUT2D eigenvalue weighted by Gasteiger charge is -2.23. The highest BCUT2D eigenvalue weighted by molar-refractivity contribution is 5.25. The fourth-order valence-electron chi connectivity index (χ4n) is 2.31. The molecule has 1 aromatic carbocycles. The molecule has 2 N–H and O–H groups in total. The summed E-state index contributed by atoms with van der Waals surface area (Å²) in [6.07, 6.45) is 0.567. The van der Waals surface area contributed by atoms with Gasteiger partial charge in [0, 0.05) is 19.6 Å². The predicted octanol–water partition coefficient (Wildman–Crippen LogP) is 1.46. The number of hydrogen-bond acceptors (Lipinski definition) is 3. The largest absolute Gasteiger partial charge is 0.387 e. The Hall–Kier alpha value is -0.970. The van der Waals surface area contributed by atoms with Gasteiger partial charge in [0.15, 0.2) is 0 Å². The Morgan fingerprint density at radius 3 is 3.00 bits per heavy atom. The summed E-state index contributed by atoms with van der Waals surface area (Å²) in [6, 6.07) is 4.83. The number of aryl methyl sites for hydroxylation is 1. The van der Waals surface area contributed by atoms with Crippen LogP contribution in [0.2, 0.25) is 0 Å². The van der Waals surface area contributed by atoms with Crippen molar-refractivity contribution in [2.75, 3.05) is 32.7 Å². The highest BCUT2D eigenvalue weighted by atomic mass is 19.1. The summed E-state index contributed by atoms with van der Waals surface area (Å²) in [5.74, 6) is -0.218. The second-order valence-electron chi connectivity index (χ2n) is 4.93. The van der Waals surface area contributed by atoms with Gasteiger partial charge in [0.2, 0.25) is 0 Å². The Balaban J connectivity index is 1.97. The third kappa shape index (κ3) is 3.51. The molecule has 1 fully saturated rings. The van der Waals surface area contributed by atoms with Crippen molar-refractivity contribution in [1.29, 1.82) is 0 Å². The number of halogens is 1. The van der Waals surface area contributed by atoms with Gasteiger partial charge in [-0.2, -0.15) is 0 Å². The van der Waals surface area contributed by atoms with E-state index < -0.39 is 6.10 Å². The van der Waals surface area contributed by atoms with Crippen LogP contribution in [0.4, 0.5) is 4.39 Å². The van der Waals surface area contributed by atoms with Crippen molar-refractivity contribution in [3.8, 4) is 0 Å². The SMILES string of the molecule is Cc1cc(C(O)CN2CCCNCC2)ccc1F. The maximum absolute atomic E-state index is 13.2. The second kappa shape index (κ2) is 6.27. The molecule has 1 atom stereocenters. The molecule has 3 nitrogen and oxygen atoms in total. The van der Waals surface area contributed by atoms with E-state index in [2.05, 4.69) is 10.2 Å². The average Bonchev–Trinajstić information content (AvgIpc) is 2.61. The summed E-state index contributed by atoms with van der Waals surface area (Å²) >= 11 is 0. The first kappa shape index (κ1) is 13.5. The van der Waals surface area contributed by atoms with Crippen LogP contribution in [0.1, 0.15) is 23.7 Å². The van der Waals surface area contributed by atoms with E-state index in [9.17, 15) is 9.50 Å². The molecule has 1 heterocycles. The van der Waals surface area contributed by atoms with Gasteiger partial charge in [-0.3, -0.25) is 4.90 Å². The number of nitrogens with one attached hydrogen (secondary N) is 1. The van der Waals surface area contributed by atoms with Crippen molar-refractivity contribution in [1.82, 2.24) is 10.2 Å². The van der Waals surface area contributed by atoms with E-state index in [1.54, 1.807) is 19.1 Å². The molecule has 0 aromatic heterocycles. The standard InChI is InChI=1S/C14H21FN2O/c1-11-9-12(3-4-13(11)15)14(18)10-17-7-2-5-16-6-8-17/h3-4,9,14,16,18H,2,5-8,10H2,1H3. The Morgan fingerprint density at radius 1 is 1.39 bits per heavy atom. The average molecular weight is 252 g/mol. The molecule has 0 aliphatic carbocycles. The van der Waals surface area contributed by atoms with Gasteiger partial charge in [-0.15, -0.1) is 0 Å². The first-order valence-electron chi connectivity index (χ1n) is 6.54. The minimum Gasteiger partial charge on any atom is -0.387 e. The van der Waals surface area contributed by atoms with E-state index in [0.717, 1.165) is 38.2 Å². The van der Waals surface area contributed by atoms with Gasteiger partial charge in [-0.1, -0.05) is 12.1 Å². The van der Waals surface area contributed by atoms with E-state index in [-0.39, 0.29) is 5.82 Å². The van der Waals surface area contributed by atoms with Gasteiger partial charge in [-0.05, 0) is 43.6 Å². The van der Waals surface area contributed by atoms with E-state index >= 15 is 0 Å². The van der Waals surface area contributed by atoms with Crippen molar-refractivity contribution >= 4 is 0 Å². The van der Waals surface area contributed by atoms with Crippen LogP contribution in [0.15, 0.2) is 18.2 Å². The maximum atomic E-state index is 13.2. The molecule has 0 radical (unpaired) electrons. The number of β-amino-alcohol motifs (C(OH)–C–C–N with tert-alkyl or cyclic N) is 1. The summed E-state index contributed by atoms with van der Waals surface area (Å²) in [4.78, 5) is 2.25. The molecular weight excluding hydrogens is 231 g/mol. The van der Waals surface area contributed by atoms with Crippen LogP contribution in [0.25, 0.3) is 0 Å². The quantitative estimate of drug-likeness (QED) is 0.855. The molecular formula is C14H21FN2O. The summed E-state index contributed by atoms with van der Waals surface area (Å²) in [7, 11) is 0. The Morgan fingerprint density at radius 2 is 2.22 bits per heavy atom. The number of aliphatic hydroxyl groups is 1. The van der Waals surface area contributed by atoms with Crippen LogP contribution in [0, 0.1) is 12.7 Å². The minimum atomic E-state index is -0.539. The Kier molecular flexibility index (Phi) is 4.69. The molecule has 1 saturated heterocycles. The van der Waals surface area contributed by atoms with Crippen LogP contribution in [0.3, 0.4) is 0 Å². The van der Waals surface area contributed by atoms with Crippen LogP contribution in [-0.2, 0) is 0 Å². The molecule has 18 heavy (non-hydrogen) atoms. The molecule has 1 aliphatic heterocycles. The first-order valence-corrected chi connectivity index (χ1v) is 6.54. The zero-order valence-corrected chi connectivity index (χ0v) is 10.8. The van der Waals surface area contributed by atoms with Crippen molar-refractivity contribution in [3.05, 3.63) is 35.1 Å². The molecule has 1 aliphatic rings. The van der Waals surface area contributed by atoms with E-state index in [1.165, 1.54) is 6.07 Å². The van der Waals surface area contributed by atoms with E-state index in [0.29, 0.717) is 12.1 Å². The zero-order valence-electron chi connectivity index (χ0n) is 10.8. The Labute approximate surface area is 108 Å². The molecule has 0 spiro atoms. The van der Waals surface area contributed by atoms with Crippen LogP contribution >= 0.6 is 0 Å².